The van der Waals surface area contributed by atoms with Crippen LogP contribution < -0.4 is 5.73 Å². The first-order valence-corrected chi connectivity index (χ1v) is 7.67. The van der Waals surface area contributed by atoms with Crippen molar-refractivity contribution in [2.24, 2.45) is 0 Å². The van der Waals surface area contributed by atoms with Crippen molar-refractivity contribution in [3.8, 4) is 0 Å². The molecule has 1 aromatic heterocycles. The minimum absolute atomic E-state index is 0.510. The Morgan fingerprint density at radius 1 is 1.19 bits per heavy atom. The topological polar surface area (TPSA) is 51.8 Å². The molecule has 3 rings (SSSR count). The maximum absolute atomic E-state index is 6.11. The number of hydrogen-bond acceptors (Lipinski definition) is 3. The van der Waals surface area contributed by atoms with E-state index in [0.29, 0.717) is 11.6 Å². The number of aryl methyl sites for hydroxylation is 1. The number of anilines is 1. The van der Waals surface area contributed by atoms with E-state index in [1.165, 1.54) is 0 Å². The lowest BCUT2D eigenvalue weighted by atomic mass is 10.0. The van der Waals surface area contributed by atoms with Crippen molar-refractivity contribution in [3.63, 3.8) is 0 Å². The van der Waals surface area contributed by atoms with Crippen molar-refractivity contribution >= 4 is 44.3 Å². The second-order valence-corrected chi connectivity index (χ2v) is 6.17. The normalized spacial score (nSPS) is 11.0. The largest absolute Gasteiger partial charge is 0.383 e. The van der Waals surface area contributed by atoms with Crippen molar-refractivity contribution in [2.75, 3.05) is 5.73 Å². The van der Waals surface area contributed by atoms with E-state index in [-0.39, 0.29) is 0 Å². The van der Waals surface area contributed by atoms with Gasteiger partial charge in [0.2, 0.25) is 0 Å². The number of nitrogens with two attached hydrogens (primary N) is 1. The molecule has 5 heteroatoms. The maximum atomic E-state index is 6.11. The lowest BCUT2D eigenvalue weighted by Gasteiger charge is -2.11. The van der Waals surface area contributed by atoms with Crippen LogP contribution in [0, 0.1) is 6.92 Å². The summed E-state index contributed by atoms with van der Waals surface area (Å²) < 4.78 is 0.995. The summed E-state index contributed by atoms with van der Waals surface area (Å²) in [6.45, 7) is 1.84. The number of aromatic nitrogens is 2. The zero-order chi connectivity index (χ0) is 15.0. The summed E-state index contributed by atoms with van der Waals surface area (Å²) in [5, 5.41) is 1.62. The number of halogens is 2. The lowest BCUT2D eigenvalue weighted by molar-refractivity contribution is 1.09. The Morgan fingerprint density at radius 3 is 2.76 bits per heavy atom. The Bertz CT molecular complexity index is 833. The van der Waals surface area contributed by atoms with Crippen molar-refractivity contribution in [3.05, 3.63) is 62.8 Å². The predicted molar refractivity (Wildman–Crippen MR) is 90.6 cm³/mol. The van der Waals surface area contributed by atoms with E-state index < -0.39 is 0 Å². The molecule has 0 radical (unpaired) electrons. The SMILES string of the molecule is Cc1nc(N)c2c(Cc3cccc(Cl)c3)c(Br)ccc2n1. The van der Waals surface area contributed by atoms with Crippen LogP contribution in [-0.2, 0) is 6.42 Å². The molecule has 21 heavy (non-hydrogen) atoms. The van der Waals surface area contributed by atoms with Gasteiger partial charge < -0.3 is 5.73 Å². The van der Waals surface area contributed by atoms with Gasteiger partial charge in [-0.1, -0.05) is 39.7 Å². The van der Waals surface area contributed by atoms with E-state index >= 15 is 0 Å². The minimum atomic E-state index is 0.510. The summed E-state index contributed by atoms with van der Waals surface area (Å²) in [6, 6.07) is 11.8. The Balaban J connectivity index is 2.19. The molecule has 106 valence electrons. The third-order valence-corrected chi connectivity index (χ3v) is 4.30. The molecule has 0 atom stereocenters. The Hall–Kier alpha value is -1.65. The van der Waals surface area contributed by atoms with Gasteiger partial charge in [-0.3, -0.25) is 0 Å². The van der Waals surface area contributed by atoms with Crippen molar-refractivity contribution in [1.29, 1.82) is 0 Å². The second kappa shape index (κ2) is 5.62. The molecule has 0 spiro atoms. The Kier molecular flexibility index (Phi) is 3.83. The molecule has 3 aromatic rings. The summed E-state index contributed by atoms with van der Waals surface area (Å²) in [4.78, 5) is 8.74. The van der Waals surface area contributed by atoms with Crippen molar-refractivity contribution in [2.45, 2.75) is 13.3 Å². The van der Waals surface area contributed by atoms with Crippen LogP contribution in [0.1, 0.15) is 17.0 Å². The number of fused-ring (bicyclic) bond motifs is 1. The molecule has 2 aromatic carbocycles. The van der Waals surface area contributed by atoms with Crippen LogP contribution in [0.2, 0.25) is 5.02 Å². The Labute approximate surface area is 136 Å². The van der Waals surface area contributed by atoms with Gasteiger partial charge in [-0.15, -0.1) is 0 Å². The first-order chi connectivity index (χ1) is 10.0. The first-order valence-electron chi connectivity index (χ1n) is 6.50. The molecule has 0 aliphatic rings. The zero-order valence-electron chi connectivity index (χ0n) is 11.4. The van der Waals surface area contributed by atoms with E-state index in [4.69, 9.17) is 17.3 Å². The van der Waals surface area contributed by atoms with Gasteiger partial charge in [-0.25, -0.2) is 9.97 Å². The van der Waals surface area contributed by atoms with E-state index in [9.17, 15) is 0 Å². The van der Waals surface area contributed by atoms with Crippen LogP contribution in [0.5, 0.6) is 0 Å². The van der Waals surface area contributed by atoms with Crippen LogP contribution in [-0.4, -0.2) is 9.97 Å². The summed E-state index contributed by atoms with van der Waals surface area (Å²) in [6.07, 6.45) is 0.717. The van der Waals surface area contributed by atoms with Crippen molar-refractivity contribution < 1.29 is 0 Å². The third kappa shape index (κ3) is 2.87. The van der Waals surface area contributed by atoms with Gasteiger partial charge in [-0.05, 0) is 48.7 Å². The maximum Gasteiger partial charge on any atom is 0.135 e. The van der Waals surface area contributed by atoms with Crippen LogP contribution in [0.25, 0.3) is 10.9 Å². The van der Waals surface area contributed by atoms with Crippen LogP contribution in [0.3, 0.4) is 0 Å². The average molecular weight is 363 g/mol. The molecule has 0 unspecified atom stereocenters. The van der Waals surface area contributed by atoms with E-state index in [2.05, 4.69) is 25.9 Å². The van der Waals surface area contributed by atoms with E-state index in [0.717, 1.165) is 37.9 Å². The predicted octanol–water partition coefficient (Wildman–Crippen LogP) is 4.53. The van der Waals surface area contributed by atoms with Crippen molar-refractivity contribution in [1.82, 2.24) is 9.97 Å². The Morgan fingerprint density at radius 2 is 2.00 bits per heavy atom. The number of hydrogen-bond donors (Lipinski definition) is 1. The number of benzene rings is 2. The van der Waals surface area contributed by atoms with Gasteiger partial charge >= 0.3 is 0 Å². The van der Waals surface area contributed by atoms with Gasteiger partial charge in [0.25, 0.3) is 0 Å². The number of nitrogen functional groups attached to an aromatic ring is 1. The minimum Gasteiger partial charge on any atom is -0.383 e. The van der Waals surface area contributed by atoms with Gasteiger partial charge in [-0.2, -0.15) is 0 Å². The smallest absolute Gasteiger partial charge is 0.135 e. The third-order valence-electron chi connectivity index (χ3n) is 3.32. The monoisotopic (exact) mass is 361 g/mol. The van der Waals surface area contributed by atoms with Gasteiger partial charge in [0.15, 0.2) is 0 Å². The van der Waals surface area contributed by atoms with Gasteiger partial charge in [0, 0.05) is 14.9 Å². The molecule has 0 aliphatic heterocycles. The fraction of sp³-hybridized carbons (Fsp3) is 0.125. The molecule has 0 saturated heterocycles. The molecule has 0 amide bonds. The number of nitrogens with zero attached hydrogens (tertiary/aromatic N) is 2. The quantitative estimate of drug-likeness (QED) is 0.729. The lowest BCUT2D eigenvalue weighted by Crippen LogP contribution is -2.01. The molecule has 0 saturated carbocycles. The highest BCUT2D eigenvalue weighted by atomic mass is 79.9. The fourth-order valence-corrected chi connectivity index (χ4v) is 3.13. The molecule has 3 nitrogen and oxygen atoms in total. The second-order valence-electron chi connectivity index (χ2n) is 4.88. The van der Waals surface area contributed by atoms with Crippen LogP contribution in [0.4, 0.5) is 5.82 Å². The first kappa shape index (κ1) is 14.3. The van der Waals surface area contributed by atoms with Gasteiger partial charge in [0.05, 0.1) is 5.52 Å². The van der Waals surface area contributed by atoms with Crippen LogP contribution >= 0.6 is 27.5 Å². The molecular weight excluding hydrogens is 350 g/mol. The summed E-state index contributed by atoms with van der Waals surface area (Å²) in [5.74, 6) is 1.19. The molecular formula is C16H13BrClN3. The average Bonchev–Trinajstić information content (AvgIpc) is 2.42. The summed E-state index contributed by atoms with van der Waals surface area (Å²) in [5.41, 5.74) is 9.17. The number of rotatable bonds is 2. The van der Waals surface area contributed by atoms with Gasteiger partial charge in [0.1, 0.15) is 11.6 Å². The molecule has 0 bridgehead atoms. The molecule has 0 fully saturated rings. The summed E-state index contributed by atoms with van der Waals surface area (Å²) in [7, 11) is 0. The fourth-order valence-electron chi connectivity index (χ4n) is 2.44. The summed E-state index contributed by atoms with van der Waals surface area (Å²) >= 11 is 9.66. The van der Waals surface area contributed by atoms with E-state index in [1.807, 2.05) is 43.3 Å². The highest BCUT2D eigenvalue weighted by Crippen LogP contribution is 2.31. The van der Waals surface area contributed by atoms with Crippen LogP contribution in [0.15, 0.2) is 40.9 Å². The standard InChI is InChI=1S/C16H13BrClN3/c1-9-20-14-6-5-13(17)12(15(14)16(19)21-9)8-10-3-2-4-11(18)7-10/h2-7H,8H2,1H3,(H2,19,20,21). The molecule has 1 heterocycles. The highest BCUT2D eigenvalue weighted by Gasteiger charge is 2.12. The molecule has 0 aliphatic carbocycles. The zero-order valence-corrected chi connectivity index (χ0v) is 13.7. The molecule has 2 N–H and O–H groups in total. The van der Waals surface area contributed by atoms with E-state index in [1.54, 1.807) is 0 Å². The highest BCUT2D eigenvalue weighted by molar-refractivity contribution is 9.10.